The highest BCUT2D eigenvalue weighted by Crippen LogP contribution is 2.29. The van der Waals surface area contributed by atoms with Gasteiger partial charge in [0.25, 0.3) is 0 Å². The molecule has 1 aliphatic heterocycles. The second kappa shape index (κ2) is 9.84. The molecule has 1 saturated heterocycles. The van der Waals surface area contributed by atoms with Gasteiger partial charge < -0.3 is 10.2 Å². The maximum atomic E-state index is 3.70. The Bertz CT molecular complexity index is 258. The van der Waals surface area contributed by atoms with Crippen LogP contribution in [0.4, 0.5) is 0 Å². The van der Waals surface area contributed by atoms with Crippen LogP contribution in [0.3, 0.4) is 0 Å². The molecule has 21 heavy (non-hydrogen) atoms. The summed E-state index contributed by atoms with van der Waals surface area (Å²) in [7, 11) is 0. The smallest absolute Gasteiger partial charge is 0.00499 e. The highest BCUT2D eigenvalue weighted by molar-refractivity contribution is 4.85. The van der Waals surface area contributed by atoms with Crippen molar-refractivity contribution in [3.05, 3.63) is 0 Å². The van der Waals surface area contributed by atoms with Gasteiger partial charge in [0.2, 0.25) is 0 Å². The summed E-state index contributed by atoms with van der Waals surface area (Å²) in [5, 5.41) is 3.70. The number of hydrogen-bond acceptors (Lipinski definition) is 2. The van der Waals surface area contributed by atoms with Crippen molar-refractivity contribution in [3.63, 3.8) is 0 Å². The summed E-state index contributed by atoms with van der Waals surface area (Å²) >= 11 is 0. The molecule has 0 aromatic rings. The van der Waals surface area contributed by atoms with E-state index in [-0.39, 0.29) is 0 Å². The van der Waals surface area contributed by atoms with Crippen LogP contribution >= 0.6 is 0 Å². The van der Waals surface area contributed by atoms with E-state index in [4.69, 9.17) is 0 Å². The summed E-state index contributed by atoms with van der Waals surface area (Å²) in [6.07, 6.45) is 9.67. The van der Waals surface area contributed by atoms with Gasteiger partial charge in [-0.2, -0.15) is 0 Å². The van der Waals surface area contributed by atoms with Crippen molar-refractivity contribution in [2.45, 2.75) is 85.6 Å². The third-order valence-corrected chi connectivity index (χ3v) is 5.58. The lowest BCUT2D eigenvalue weighted by Crippen LogP contribution is -2.45. The predicted octanol–water partition coefficient (Wildman–Crippen LogP) is 4.69. The fourth-order valence-corrected chi connectivity index (χ4v) is 3.75. The molecule has 0 aromatic carbocycles. The zero-order valence-electron chi connectivity index (χ0n) is 15.4. The Balaban J connectivity index is 2.53. The first-order valence-corrected chi connectivity index (χ1v) is 9.51. The van der Waals surface area contributed by atoms with Crippen molar-refractivity contribution in [1.29, 1.82) is 0 Å². The second-order valence-corrected chi connectivity index (χ2v) is 7.60. The van der Waals surface area contributed by atoms with Crippen LogP contribution in [0.2, 0.25) is 0 Å². The molecule has 2 heteroatoms. The fourth-order valence-electron chi connectivity index (χ4n) is 3.75. The van der Waals surface area contributed by atoms with Gasteiger partial charge in [0.05, 0.1) is 0 Å². The lowest BCUT2D eigenvalue weighted by molar-refractivity contribution is 0.133. The fraction of sp³-hybridized carbons (Fsp3) is 1.00. The van der Waals surface area contributed by atoms with Crippen LogP contribution in [0.1, 0.15) is 79.6 Å². The van der Waals surface area contributed by atoms with E-state index in [9.17, 15) is 0 Å². The van der Waals surface area contributed by atoms with Crippen LogP contribution in [0.5, 0.6) is 0 Å². The number of rotatable bonds is 9. The van der Waals surface area contributed by atoms with E-state index in [1.807, 2.05) is 0 Å². The molecule has 1 heterocycles. The first kappa shape index (κ1) is 19.0. The van der Waals surface area contributed by atoms with Crippen molar-refractivity contribution < 1.29 is 0 Å². The molecule has 0 radical (unpaired) electrons. The lowest BCUT2D eigenvalue weighted by Gasteiger charge is -2.38. The average Bonchev–Trinajstić information content (AvgIpc) is 2.69. The molecule has 2 nitrogen and oxygen atoms in total. The summed E-state index contributed by atoms with van der Waals surface area (Å²) in [5.41, 5.74) is 0.467. The summed E-state index contributed by atoms with van der Waals surface area (Å²) in [5.74, 6) is 0.992. The zero-order chi connectivity index (χ0) is 15.7. The van der Waals surface area contributed by atoms with Gasteiger partial charge in [-0.3, -0.25) is 0 Å². The number of nitrogens with one attached hydrogen (secondary N) is 1. The Labute approximate surface area is 134 Å². The van der Waals surface area contributed by atoms with Crippen molar-refractivity contribution in [2.24, 2.45) is 11.3 Å². The molecule has 1 rings (SSSR count). The van der Waals surface area contributed by atoms with Gasteiger partial charge in [-0.05, 0) is 56.5 Å². The molecule has 0 aromatic heterocycles. The minimum atomic E-state index is 0.467. The van der Waals surface area contributed by atoms with Crippen molar-refractivity contribution in [2.75, 3.05) is 26.2 Å². The summed E-state index contributed by atoms with van der Waals surface area (Å²) in [4.78, 5) is 2.77. The van der Waals surface area contributed by atoms with E-state index in [0.717, 1.165) is 5.92 Å². The lowest BCUT2D eigenvalue weighted by atomic mass is 9.81. The van der Waals surface area contributed by atoms with Crippen LogP contribution in [-0.2, 0) is 0 Å². The summed E-state index contributed by atoms with van der Waals surface area (Å²) < 4.78 is 0. The Hall–Kier alpha value is -0.0800. The standard InChI is InChI=1S/C19H40N2/c1-6-10-18-11-9-13-21(14-12-18)16-19(7-2,8-3)15-20-17(4)5/h17-18,20H,6-16H2,1-5H3. The third-order valence-electron chi connectivity index (χ3n) is 5.58. The largest absolute Gasteiger partial charge is 0.314 e. The van der Waals surface area contributed by atoms with Gasteiger partial charge >= 0.3 is 0 Å². The minimum absolute atomic E-state index is 0.467. The van der Waals surface area contributed by atoms with E-state index >= 15 is 0 Å². The molecule has 1 aliphatic rings. The third kappa shape index (κ3) is 6.69. The molecule has 0 aliphatic carbocycles. The number of hydrogen-bond donors (Lipinski definition) is 1. The Morgan fingerprint density at radius 1 is 1.10 bits per heavy atom. The highest BCUT2D eigenvalue weighted by atomic mass is 15.1. The van der Waals surface area contributed by atoms with E-state index in [0.29, 0.717) is 11.5 Å². The topological polar surface area (TPSA) is 15.3 Å². The maximum Gasteiger partial charge on any atom is 0.00499 e. The molecule has 0 bridgehead atoms. The monoisotopic (exact) mass is 296 g/mol. The minimum Gasteiger partial charge on any atom is -0.314 e. The van der Waals surface area contributed by atoms with Crippen LogP contribution in [0.15, 0.2) is 0 Å². The molecular formula is C19H40N2. The van der Waals surface area contributed by atoms with Gasteiger partial charge in [-0.25, -0.2) is 0 Å². The van der Waals surface area contributed by atoms with Crippen LogP contribution in [-0.4, -0.2) is 37.1 Å². The molecule has 1 fully saturated rings. The van der Waals surface area contributed by atoms with Gasteiger partial charge in [0, 0.05) is 19.1 Å². The summed E-state index contributed by atoms with van der Waals surface area (Å²) in [6, 6.07) is 0.598. The number of likely N-dealkylation sites (tertiary alicyclic amines) is 1. The number of nitrogens with zero attached hydrogens (tertiary/aromatic N) is 1. The van der Waals surface area contributed by atoms with Crippen LogP contribution < -0.4 is 5.32 Å². The quantitative estimate of drug-likeness (QED) is 0.664. The molecular weight excluding hydrogens is 256 g/mol. The van der Waals surface area contributed by atoms with Crippen LogP contribution in [0.25, 0.3) is 0 Å². The molecule has 126 valence electrons. The molecule has 1 unspecified atom stereocenters. The first-order chi connectivity index (χ1) is 10.0. The zero-order valence-corrected chi connectivity index (χ0v) is 15.4. The molecule has 0 spiro atoms. The van der Waals surface area contributed by atoms with E-state index < -0.39 is 0 Å². The molecule has 0 saturated carbocycles. The van der Waals surface area contributed by atoms with Crippen molar-refractivity contribution in [3.8, 4) is 0 Å². The van der Waals surface area contributed by atoms with Crippen molar-refractivity contribution >= 4 is 0 Å². The average molecular weight is 297 g/mol. The Kier molecular flexibility index (Phi) is 8.89. The van der Waals surface area contributed by atoms with Gasteiger partial charge in [0.15, 0.2) is 0 Å². The van der Waals surface area contributed by atoms with Crippen molar-refractivity contribution in [1.82, 2.24) is 10.2 Å². The highest BCUT2D eigenvalue weighted by Gasteiger charge is 2.29. The van der Waals surface area contributed by atoms with Gasteiger partial charge in [-0.1, -0.05) is 47.5 Å². The van der Waals surface area contributed by atoms with Gasteiger partial charge in [0.1, 0.15) is 0 Å². The SMILES string of the molecule is CCCC1CCCN(CC(CC)(CC)CNC(C)C)CC1. The normalized spacial score (nSPS) is 21.7. The molecule has 1 N–H and O–H groups in total. The molecule has 1 atom stereocenters. The second-order valence-electron chi connectivity index (χ2n) is 7.60. The van der Waals surface area contributed by atoms with E-state index in [1.165, 1.54) is 71.1 Å². The summed E-state index contributed by atoms with van der Waals surface area (Å²) in [6.45, 7) is 16.7. The molecule has 0 amide bonds. The van der Waals surface area contributed by atoms with E-state index in [1.54, 1.807) is 0 Å². The first-order valence-electron chi connectivity index (χ1n) is 9.51. The van der Waals surface area contributed by atoms with E-state index in [2.05, 4.69) is 44.8 Å². The Morgan fingerprint density at radius 3 is 2.38 bits per heavy atom. The Morgan fingerprint density at radius 2 is 1.81 bits per heavy atom. The van der Waals surface area contributed by atoms with Crippen LogP contribution in [0, 0.1) is 11.3 Å². The van der Waals surface area contributed by atoms with Gasteiger partial charge in [-0.15, -0.1) is 0 Å². The maximum absolute atomic E-state index is 3.70. The predicted molar refractivity (Wildman–Crippen MR) is 94.8 cm³/mol.